The van der Waals surface area contributed by atoms with Crippen LogP contribution < -0.4 is 13.8 Å². The van der Waals surface area contributed by atoms with E-state index < -0.39 is 33.4 Å². The standard InChI is InChI=1S/C33H40ClN3O9S/c1-6-43-30(38)20-47(40,41)37-24(9-8-23-17-22(19-35)7-11-28(23)44-21-42-5)18-26-27(37)10-12-29(31(26)34)45-25-13-15-36(16-14-25)32(39)46-33(2,3)4/h7-12,17,24-25H,6,13-16,18,20-21H2,1-5H3/b9-8+. The minimum absolute atomic E-state index is 0.0277. The van der Waals surface area contributed by atoms with Crippen molar-refractivity contribution in [2.24, 2.45) is 0 Å². The molecule has 1 unspecified atom stereocenters. The van der Waals surface area contributed by atoms with E-state index in [1.165, 1.54) is 11.4 Å². The fourth-order valence-corrected chi connectivity index (χ4v) is 7.18. The van der Waals surface area contributed by atoms with Crippen LogP contribution in [0.2, 0.25) is 5.02 Å². The van der Waals surface area contributed by atoms with E-state index in [2.05, 4.69) is 6.07 Å². The van der Waals surface area contributed by atoms with Gasteiger partial charge in [0.25, 0.3) is 0 Å². The summed E-state index contributed by atoms with van der Waals surface area (Å²) < 4.78 is 55.9. The summed E-state index contributed by atoms with van der Waals surface area (Å²) in [4.78, 5) is 26.4. The van der Waals surface area contributed by atoms with Crippen molar-refractivity contribution in [3.8, 4) is 17.6 Å². The number of likely N-dealkylation sites (tertiary alicyclic amines) is 1. The van der Waals surface area contributed by atoms with Crippen LogP contribution in [-0.2, 0) is 35.4 Å². The predicted octanol–water partition coefficient (Wildman–Crippen LogP) is 5.31. The predicted molar refractivity (Wildman–Crippen MR) is 176 cm³/mol. The molecular formula is C33H40ClN3O9S. The Morgan fingerprint density at radius 2 is 1.83 bits per heavy atom. The Bertz CT molecular complexity index is 1640. The third-order valence-corrected chi connectivity index (χ3v) is 9.48. The summed E-state index contributed by atoms with van der Waals surface area (Å²) in [5.41, 5.74) is 1.19. The number of carbonyl (C=O) groups is 2. The van der Waals surface area contributed by atoms with Crippen LogP contribution in [0, 0.1) is 11.3 Å². The van der Waals surface area contributed by atoms with Gasteiger partial charge in [-0.1, -0.05) is 23.8 Å². The van der Waals surface area contributed by atoms with Gasteiger partial charge in [-0.05, 0) is 58.0 Å². The van der Waals surface area contributed by atoms with Crippen molar-refractivity contribution in [3.63, 3.8) is 0 Å². The number of hydrogen-bond acceptors (Lipinski definition) is 10. The highest BCUT2D eigenvalue weighted by Gasteiger charge is 2.40. The first-order valence-corrected chi connectivity index (χ1v) is 17.2. The molecule has 1 atom stereocenters. The number of amides is 1. The molecule has 2 aliphatic heterocycles. The highest BCUT2D eigenvalue weighted by atomic mass is 35.5. The number of piperidine rings is 1. The van der Waals surface area contributed by atoms with Gasteiger partial charge < -0.3 is 28.6 Å². The molecule has 12 nitrogen and oxygen atoms in total. The van der Waals surface area contributed by atoms with Crippen LogP contribution in [0.15, 0.2) is 36.4 Å². The van der Waals surface area contributed by atoms with Crippen LogP contribution in [0.3, 0.4) is 0 Å². The summed E-state index contributed by atoms with van der Waals surface area (Å²) in [6.45, 7) is 7.98. The number of nitriles is 1. The number of fused-ring (bicyclic) bond motifs is 1. The summed E-state index contributed by atoms with van der Waals surface area (Å²) >= 11 is 6.88. The van der Waals surface area contributed by atoms with Gasteiger partial charge in [-0.3, -0.25) is 9.10 Å². The number of halogens is 1. The number of rotatable bonds is 11. The van der Waals surface area contributed by atoms with Gasteiger partial charge in [-0.2, -0.15) is 5.26 Å². The molecule has 2 aromatic rings. The largest absolute Gasteiger partial charge is 0.489 e. The molecule has 1 amide bonds. The fraction of sp³-hybridized carbons (Fsp3) is 0.485. The van der Waals surface area contributed by atoms with E-state index in [4.69, 9.17) is 35.3 Å². The molecule has 2 heterocycles. The summed E-state index contributed by atoms with van der Waals surface area (Å²) in [5.74, 6) is -0.900. The molecule has 2 aliphatic rings. The maximum absolute atomic E-state index is 13.7. The van der Waals surface area contributed by atoms with Crippen molar-refractivity contribution in [2.75, 3.05) is 43.7 Å². The summed E-state index contributed by atoms with van der Waals surface area (Å²) in [5, 5.41) is 9.70. The highest BCUT2D eigenvalue weighted by Crippen LogP contribution is 2.44. The number of hydrogen-bond donors (Lipinski definition) is 0. The average Bonchev–Trinajstić information content (AvgIpc) is 3.40. The summed E-state index contributed by atoms with van der Waals surface area (Å²) in [6.07, 6.45) is 4.06. The SMILES string of the molecule is CCOC(=O)CS(=O)(=O)N1c2ccc(OC3CCN(C(=O)OC(C)(C)C)CC3)c(Cl)c2CC1/C=C/c1cc(C#N)ccc1OCOC. The van der Waals surface area contributed by atoms with Crippen molar-refractivity contribution >= 4 is 45.5 Å². The van der Waals surface area contributed by atoms with Gasteiger partial charge in [0.05, 0.1) is 35.0 Å². The van der Waals surface area contributed by atoms with Crippen molar-refractivity contribution in [2.45, 2.75) is 64.7 Å². The van der Waals surface area contributed by atoms with Gasteiger partial charge in [0.1, 0.15) is 23.2 Å². The van der Waals surface area contributed by atoms with Crippen molar-refractivity contribution < 1.29 is 41.7 Å². The van der Waals surface area contributed by atoms with Gasteiger partial charge in [-0.15, -0.1) is 0 Å². The van der Waals surface area contributed by atoms with Crippen LogP contribution in [0.1, 0.15) is 57.2 Å². The Morgan fingerprint density at radius 3 is 2.47 bits per heavy atom. The number of nitrogens with zero attached hydrogens (tertiary/aromatic N) is 3. The maximum atomic E-state index is 13.7. The average molecular weight is 690 g/mol. The lowest BCUT2D eigenvalue weighted by Gasteiger charge is -2.33. The molecule has 1 saturated heterocycles. The van der Waals surface area contributed by atoms with Gasteiger partial charge >= 0.3 is 12.1 Å². The number of esters is 1. The quantitative estimate of drug-likeness (QED) is 0.225. The number of anilines is 1. The van der Waals surface area contributed by atoms with E-state index in [-0.39, 0.29) is 37.0 Å². The second-order valence-electron chi connectivity index (χ2n) is 12.1. The van der Waals surface area contributed by atoms with E-state index in [1.807, 2.05) is 20.8 Å². The zero-order chi connectivity index (χ0) is 34.4. The molecule has 0 saturated carbocycles. The topological polar surface area (TPSA) is 145 Å². The lowest BCUT2D eigenvalue weighted by atomic mass is 10.1. The second kappa shape index (κ2) is 15.3. The van der Waals surface area contributed by atoms with Crippen molar-refractivity contribution in [1.82, 2.24) is 4.90 Å². The highest BCUT2D eigenvalue weighted by molar-refractivity contribution is 7.93. The third-order valence-electron chi connectivity index (χ3n) is 7.40. The Kier molecular flexibility index (Phi) is 11.7. The zero-order valence-corrected chi connectivity index (χ0v) is 28.7. The number of methoxy groups -OCH3 is 1. The number of carbonyl (C=O) groups excluding carboxylic acids is 2. The molecule has 0 aromatic heterocycles. The molecule has 254 valence electrons. The first kappa shape index (κ1) is 35.9. The molecule has 0 radical (unpaired) electrons. The second-order valence-corrected chi connectivity index (χ2v) is 14.3. The van der Waals surface area contributed by atoms with Crippen LogP contribution >= 0.6 is 11.6 Å². The molecule has 1 fully saturated rings. The minimum atomic E-state index is -4.21. The fourth-order valence-electron chi connectivity index (χ4n) is 5.35. The number of benzene rings is 2. The van der Waals surface area contributed by atoms with E-state index in [1.54, 1.807) is 54.3 Å². The van der Waals surface area contributed by atoms with E-state index in [0.717, 1.165) is 0 Å². The van der Waals surface area contributed by atoms with Gasteiger partial charge in [-0.25, -0.2) is 13.2 Å². The summed E-state index contributed by atoms with van der Waals surface area (Å²) in [6, 6.07) is 9.41. The molecule has 0 N–H and O–H groups in total. The third kappa shape index (κ3) is 9.09. The van der Waals surface area contributed by atoms with Crippen LogP contribution in [0.25, 0.3) is 6.08 Å². The number of sulfonamides is 1. The van der Waals surface area contributed by atoms with Crippen LogP contribution in [-0.4, -0.2) is 82.5 Å². The van der Waals surface area contributed by atoms with E-state index in [9.17, 15) is 23.3 Å². The van der Waals surface area contributed by atoms with E-state index in [0.29, 0.717) is 59.8 Å². The lowest BCUT2D eigenvalue weighted by Crippen LogP contribution is -2.44. The maximum Gasteiger partial charge on any atom is 0.410 e. The monoisotopic (exact) mass is 689 g/mol. The molecule has 2 aromatic carbocycles. The van der Waals surface area contributed by atoms with Gasteiger partial charge in [0, 0.05) is 50.6 Å². The smallest absolute Gasteiger partial charge is 0.410 e. The molecule has 14 heteroatoms. The van der Waals surface area contributed by atoms with Crippen molar-refractivity contribution in [1.29, 1.82) is 5.26 Å². The molecule has 0 spiro atoms. The molecule has 47 heavy (non-hydrogen) atoms. The first-order valence-electron chi connectivity index (χ1n) is 15.2. The number of ether oxygens (including phenoxy) is 5. The Labute approximate surface area is 280 Å². The van der Waals surface area contributed by atoms with Crippen LogP contribution in [0.4, 0.5) is 10.5 Å². The molecule has 0 aliphatic carbocycles. The molecular weight excluding hydrogens is 650 g/mol. The Hall–Kier alpha value is -3.99. The molecule has 0 bridgehead atoms. The molecule has 4 rings (SSSR count). The van der Waals surface area contributed by atoms with Crippen LogP contribution in [0.5, 0.6) is 11.5 Å². The van der Waals surface area contributed by atoms with Gasteiger partial charge in [0.15, 0.2) is 12.5 Å². The normalized spacial score (nSPS) is 16.9. The van der Waals surface area contributed by atoms with Crippen molar-refractivity contribution in [3.05, 3.63) is 58.1 Å². The zero-order valence-electron chi connectivity index (χ0n) is 27.2. The Balaban J connectivity index is 1.61. The lowest BCUT2D eigenvalue weighted by molar-refractivity contribution is -0.139. The minimum Gasteiger partial charge on any atom is -0.489 e. The van der Waals surface area contributed by atoms with E-state index >= 15 is 0 Å². The van der Waals surface area contributed by atoms with Gasteiger partial charge in [0.2, 0.25) is 10.0 Å². The first-order chi connectivity index (χ1) is 22.3. The summed E-state index contributed by atoms with van der Waals surface area (Å²) in [7, 11) is -2.73. The Morgan fingerprint density at radius 1 is 1.13 bits per heavy atom.